The number of nitrogens with zero attached hydrogens (tertiary/aromatic N) is 2. The van der Waals surface area contributed by atoms with E-state index in [1.807, 2.05) is 78.2 Å². The summed E-state index contributed by atoms with van der Waals surface area (Å²) in [5.41, 5.74) is 2.95. The molecule has 0 N–H and O–H groups in total. The number of amides is 1. The van der Waals surface area contributed by atoms with Gasteiger partial charge >= 0.3 is 0 Å². The van der Waals surface area contributed by atoms with Crippen molar-refractivity contribution in [3.8, 4) is 17.2 Å². The van der Waals surface area contributed by atoms with E-state index in [-0.39, 0.29) is 12.7 Å². The van der Waals surface area contributed by atoms with Gasteiger partial charge < -0.3 is 19.1 Å². The molecule has 7 heteroatoms. The van der Waals surface area contributed by atoms with Crippen LogP contribution in [0.1, 0.15) is 21.6 Å². The van der Waals surface area contributed by atoms with Crippen molar-refractivity contribution in [2.75, 3.05) is 6.79 Å². The number of ether oxygens (including phenoxy) is 3. The minimum atomic E-state index is -0.0612. The maximum atomic E-state index is 13.1. The fourth-order valence-electron chi connectivity index (χ4n) is 3.72. The number of thiophene rings is 1. The van der Waals surface area contributed by atoms with Crippen LogP contribution in [-0.4, -0.2) is 22.6 Å². The Morgan fingerprint density at radius 3 is 2.71 bits per heavy atom. The molecule has 3 heterocycles. The van der Waals surface area contributed by atoms with Crippen molar-refractivity contribution in [1.82, 2.24) is 9.88 Å². The summed E-state index contributed by atoms with van der Waals surface area (Å²) in [6, 6.07) is 21.4. The van der Waals surface area contributed by atoms with Gasteiger partial charge in [-0.1, -0.05) is 30.3 Å². The van der Waals surface area contributed by atoms with Crippen LogP contribution < -0.4 is 14.2 Å². The maximum absolute atomic E-state index is 13.1. The van der Waals surface area contributed by atoms with Crippen LogP contribution in [0.4, 0.5) is 0 Å². The first-order valence-corrected chi connectivity index (χ1v) is 12.1. The molecule has 0 atom stereocenters. The third kappa shape index (κ3) is 6.07. The lowest BCUT2D eigenvalue weighted by Crippen LogP contribution is -2.28. The van der Waals surface area contributed by atoms with Crippen molar-refractivity contribution >= 4 is 23.3 Å². The van der Waals surface area contributed by atoms with Gasteiger partial charge in [0.25, 0.3) is 0 Å². The molecule has 0 saturated carbocycles. The van der Waals surface area contributed by atoms with E-state index in [0.29, 0.717) is 19.7 Å². The van der Waals surface area contributed by atoms with Crippen LogP contribution in [0.25, 0.3) is 6.08 Å². The molecule has 4 aromatic rings. The zero-order valence-electron chi connectivity index (χ0n) is 19.0. The minimum absolute atomic E-state index is 0.0612. The SMILES string of the molecule is O=C(/C=C/c1cccs1)N(Cc1cccnc1)Cc1cccc(OCc2ccc3c(c2)OCO3)c1. The summed E-state index contributed by atoms with van der Waals surface area (Å²) >= 11 is 1.60. The van der Waals surface area contributed by atoms with Crippen LogP contribution in [0.2, 0.25) is 0 Å². The minimum Gasteiger partial charge on any atom is -0.489 e. The first kappa shape index (κ1) is 22.7. The van der Waals surface area contributed by atoms with Crippen LogP contribution in [0.15, 0.2) is 90.6 Å². The fourth-order valence-corrected chi connectivity index (χ4v) is 4.34. The summed E-state index contributed by atoms with van der Waals surface area (Å²) in [4.78, 5) is 20.1. The van der Waals surface area contributed by atoms with Crippen molar-refractivity contribution in [1.29, 1.82) is 0 Å². The standard InChI is InChI=1S/C28H24N2O4S/c31-28(11-9-25-7-3-13-35-25)30(18-23-5-2-12-29-16-23)17-21-4-1-6-24(14-21)32-19-22-8-10-26-27(15-22)34-20-33-26/h1-16H,17-20H2/b11-9+. The van der Waals surface area contributed by atoms with E-state index in [9.17, 15) is 4.79 Å². The summed E-state index contributed by atoms with van der Waals surface area (Å²) in [5, 5.41) is 1.99. The van der Waals surface area contributed by atoms with E-state index < -0.39 is 0 Å². The largest absolute Gasteiger partial charge is 0.489 e. The Bertz CT molecular complexity index is 1310. The molecule has 5 rings (SSSR count). The average molecular weight is 485 g/mol. The van der Waals surface area contributed by atoms with Gasteiger partial charge in [-0.25, -0.2) is 0 Å². The molecular formula is C28H24N2O4S. The van der Waals surface area contributed by atoms with Crippen molar-refractivity contribution in [3.63, 3.8) is 0 Å². The van der Waals surface area contributed by atoms with Crippen molar-refractivity contribution in [3.05, 3.63) is 112 Å². The number of carbonyl (C=O) groups excluding carboxylic acids is 1. The predicted octanol–water partition coefficient (Wildman–Crippen LogP) is 5.69. The van der Waals surface area contributed by atoms with Gasteiger partial charge in [0.2, 0.25) is 12.7 Å². The van der Waals surface area contributed by atoms with Gasteiger partial charge in [-0.2, -0.15) is 0 Å². The molecule has 1 amide bonds. The molecule has 1 aliphatic heterocycles. The highest BCUT2D eigenvalue weighted by Gasteiger charge is 2.15. The van der Waals surface area contributed by atoms with Gasteiger partial charge in [-0.05, 0) is 64.5 Å². The molecular weight excluding hydrogens is 460 g/mol. The Kier molecular flexibility index (Phi) is 7.05. The van der Waals surface area contributed by atoms with E-state index in [1.165, 1.54) is 0 Å². The number of benzene rings is 2. The van der Waals surface area contributed by atoms with Crippen LogP contribution >= 0.6 is 11.3 Å². The molecule has 2 aromatic carbocycles. The van der Waals surface area contributed by atoms with Crippen LogP contribution in [0, 0.1) is 0 Å². The van der Waals surface area contributed by atoms with Gasteiger partial charge in [0, 0.05) is 36.4 Å². The van der Waals surface area contributed by atoms with Gasteiger partial charge in [0.05, 0.1) is 0 Å². The predicted molar refractivity (Wildman–Crippen MR) is 135 cm³/mol. The van der Waals surface area contributed by atoms with Crippen LogP contribution in [-0.2, 0) is 24.5 Å². The molecule has 0 aliphatic carbocycles. The van der Waals surface area contributed by atoms with E-state index in [0.717, 1.165) is 38.8 Å². The fraction of sp³-hybridized carbons (Fsp3) is 0.143. The number of hydrogen-bond acceptors (Lipinski definition) is 6. The molecule has 0 spiro atoms. The lowest BCUT2D eigenvalue weighted by atomic mass is 10.1. The van der Waals surface area contributed by atoms with E-state index in [4.69, 9.17) is 14.2 Å². The Balaban J connectivity index is 1.28. The highest BCUT2D eigenvalue weighted by molar-refractivity contribution is 7.10. The molecule has 2 aromatic heterocycles. The number of fused-ring (bicyclic) bond motifs is 1. The van der Waals surface area contributed by atoms with Gasteiger partial charge in [0.15, 0.2) is 11.5 Å². The highest BCUT2D eigenvalue weighted by Crippen LogP contribution is 2.32. The smallest absolute Gasteiger partial charge is 0.247 e. The topological polar surface area (TPSA) is 60.9 Å². The summed E-state index contributed by atoms with van der Waals surface area (Å²) in [7, 11) is 0. The first-order chi connectivity index (χ1) is 17.2. The van der Waals surface area contributed by atoms with E-state index in [2.05, 4.69) is 4.98 Å². The van der Waals surface area contributed by atoms with Crippen molar-refractivity contribution < 1.29 is 19.0 Å². The summed E-state index contributed by atoms with van der Waals surface area (Å²) in [6.07, 6.45) is 7.00. The Labute approximate surface area is 208 Å². The molecule has 176 valence electrons. The molecule has 35 heavy (non-hydrogen) atoms. The summed E-state index contributed by atoms with van der Waals surface area (Å²) in [6.45, 7) is 1.56. The average Bonchev–Trinajstić information content (AvgIpc) is 3.58. The molecule has 0 radical (unpaired) electrons. The first-order valence-electron chi connectivity index (χ1n) is 11.2. The number of rotatable bonds is 9. The lowest BCUT2D eigenvalue weighted by Gasteiger charge is -2.22. The van der Waals surface area contributed by atoms with Crippen LogP contribution in [0.5, 0.6) is 17.2 Å². The zero-order valence-corrected chi connectivity index (χ0v) is 19.8. The molecule has 0 saturated heterocycles. The van der Waals surface area contributed by atoms with Crippen molar-refractivity contribution in [2.24, 2.45) is 0 Å². The monoisotopic (exact) mass is 484 g/mol. The third-order valence-electron chi connectivity index (χ3n) is 5.46. The second kappa shape index (κ2) is 10.9. The number of aromatic nitrogens is 1. The van der Waals surface area contributed by atoms with E-state index in [1.54, 1.807) is 34.7 Å². The molecule has 0 bridgehead atoms. The molecule has 0 fully saturated rings. The second-order valence-electron chi connectivity index (χ2n) is 8.03. The lowest BCUT2D eigenvalue weighted by molar-refractivity contribution is -0.127. The molecule has 6 nitrogen and oxygen atoms in total. The van der Waals surface area contributed by atoms with Gasteiger partial charge in [-0.15, -0.1) is 11.3 Å². The summed E-state index contributed by atoms with van der Waals surface area (Å²) in [5.74, 6) is 2.17. The van der Waals surface area contributed by atoms with E-state index >= 15 is 0 Å². The zero-order chi connectivity index (χ0) is 23.9. The summed E-state index contributed by atoms with van der Waals surface area (Å²) < 4.78 is 16.8. The second-order valence-corrected chi connectivity index (χ2v) is 9.01. The number of pyridine rings is 1. The Hall–Kier alpha value is -4.10. The van der Waals surface area contributed by atoms with Crippen LogP contribution in [0.3, 0.4) is 0 Å². The molecule has 0 unspecified atom stereocenters. The Morgan fingerprint density at radius 1 is 0.971 bits per heavy atom. The van der Waals surface area contributed by atoms with Crippen molar-refractivity contribution in [2.45, 2.75) is 19.7 Å². The third-order valence-corrected chi connectivity index (χ3v) is 6.29. The maximum Gasteiger partial charge on any atom is 0.247 e. The quantitative estimate of drug-likeness (QED) is 0.286. The molecule has 1 aliphatic rings. The highest BCUT2D eigenvalue weighted by atomic mass is 32.1. The van der Waals surface area contributed by atoms with Gasteiger partial charge in [-0.3, -0.25) is 9.78 Å². The number of hydrogen-bond donors (Lipinski definition) is 0. The Morgan fingerprint density at radius 2 is 1.86 bits per heavy atom. The normalized spacial score (nSPS) is 12.1. The number of carbonyl (C=O) groups is 1. The van der Waals surface area contributed by atoms with Gasteiger partial charge in [0.1, 0.15) is 12.4 Å².